The van der Waals surface area contributed by atoms with E-state index in [-0.39, 0.29) is 17.8 Å². The molecule has 108 valence electrons. The smallest absolute Gasteiger partial charge is 0.306 e. The van der Waals surface area contributed by atoms with E-state index in [0.29, 0.717) is 0 Å². The van der Waals surface area contributed by atoms with Crippen molar-refractivity contribution in [3.63, 3.8) is 0 Å². The maximum Gasteiger partial charge on any atom is 0.323 e. The number of pyridine rings is 1. The second-order valence-electron chi connectivity index (χ2n) is 5.25. The van der Waals surface area contributed by atoms with Gasteiger partial charge < -0.3 is 15.3 Å². The van der Waals surface area contributed by atoms with Crippen LogP contribution in [0.5, 0.6) is 0 Å². The van der Waals surface area contributed by atoms with E-state index in [1.807, 2.05) is 36.4 Å². The van der Waals surface area contributed by atoms with Crippen LogP contribution in [0.15, 0.2) is 47.4 Å². The largest absolute Gasteiger partial charge is 0.323 e. The van der Waals surface area contributed by atoms with Crippen LogP contribution in [0.1, 0.15) is 37.2 Å². The molecule has 0 saturated heterocycles. The van der Waals surface area contributed by atoms with E-state index >= 15 is 0 Å². The molecule has 0 spiro atoms. The zero-order valence-electron chi connectivity index (χ0n) is 12.1. The van der Waals surface area contributed by atoms with Crippen molar-refractivity contribution >= 4 is 11.0 Å². The molecule has 0 amide bonds. The summed E-state index contributed by atoms with van der Waals surface area (Å²) in [6.07, 6.45) is 1.80. The van der Waals surface area contributed by atoms with Crippen LogP contribution < -0.4 is 11.0 Å². The fraction of sp³-hybridized carbons (Fsp3) is 0.250. The summed E-state index contributed by atoms with van der Waals surface area (Å²) in [4.78, 5) is 21.2. The van der Waals surface area contributed by atoms with Gasteiger partial charge in [0.1, 0.15) is 0 Å². The molecule has 2 aromatic heterocycles. The highest BCUT2D eigenvalue weighted by atomic mass is 16.1. The zero-order valence-corrected chi connectivity index (χ0v) is 12.1. The molecule has 3 aromatic rings. The second-order valence-corrected chi connectivity index (χ2v) is 5.25. The first-order valence-corrected chi connectivity index (χ1v) is 7.02. The third-order valence-electron chi connectivity index (χ3n) is 3.67. The molecule has 0 bridgehead atoms. The van der Waals surface area contributed by atoms with Gasteiger partial charge in [0.25, 0.3) is 0 Å². The molecule has 3 N–H and O–H groups in total. The van der Waals surface area contributed by atoms with E-state index in [1.54, 1.807) is 6.20 Å². The highest BCUT2D eigenvalue weighted by Gasteiger charge is 2.12. The molecule has 0 aliphatic heterocycles. The van der Waals surface area contributed by atoms with Crippen LogP contribution in [0.4, 0.5) is 0 Å². The van der Waals surface area contributed by atoms with Crippen LogP contribution in [-0.2, 0) is 0 Å². The van der Waals surface area contributed by atoms with Crippen LogP contribution in [0.2, 0.25) is 0 Å². The summed E-state index contributed by atoms with van der Waals surface area (Å²) in [6, 6.07) is 12.2. The zero-order chi connectivity index (χ0) is 14.8. The molecule has 5 heteroatoms. The Labute approximate surface area is 122 Å². The fourth-order valence-electron chi connectivity index (χ4n) is 2.51. The Morgan fingerprint density at radius 2 is 1.86 bits per heavy atom. The number of imidazole rings is 1. The molecule has 1 unspecified atom stereocenters. The van der Waals surface area contributed by atoms with E-state index < -0.39 is 0 Å². The molecule has 2 heterocycles. The van der Waals surface area contributed by atoms with E-state index in [9.17, 15) is 4.79 Å². The van der Waals surface area contributed by atoms with Gasteiger partial charge in [0.15, 0.2) is 0 Å². The Hall–Kier alpha value is -2.40. The van der Waals surface area contributed by atoms with Crippen molar-refractivity contribution in [1.29, 1.82) is 0 Å². The SMILES string of the molecule is CC(N[C@@H](C)c1ccccn1)c1ccc2[nH]c(=O)[nH]c2c1. The Bertz CT molecular complexity index is 791. The van der Waals surface area contributed by atoms with Crippen LogP contribution in [0, 0.1) is 0 Å². The van der Waals surface area contributed by atoms with Gasteiger partial charge >= 0.3 is 5.69 Å². The van der Waals surface area contributed by atoms with Crippen molar-refractivity contribution in [3.05, 3.63) is 64.3 Å². The van der Waals surface area contributed by atoms with Crippen molar-refractivity contribution < 1.29 is 0 Å². The molecule has 2 atom stereocenters. The lowest BCUT2D eigenvalue weighted by Gasteiger charge is -2.20. The lowest BCUT2D eigenvalue weighted by Crippen LogP contribution is -2.23. The first kappa shape index (κ1) is 13.6. The number of benzene rings is 1. The van der Waals surface area contributed by atoms with Crippen molar-refractivity contribution in [3.8, 4) is 0 Å². The third-order valence-corrected chi connectivity index (χ3v) is 3.67. The Morgan fingerprint density at radius 1 is 1.05 bits per heavy atom. The molecule has 0 radical (unpaired) electrons. The molecule has 0 saturated carbocycles. The number of rotatable bonds is 4. The Kier molecular flexibility index (Phi) is 3.58. The average Bonchev–Trinajstić information content (AvgIpc) is 2.87. The van der Waals surface area contributed by atoms with Gasteiger partial charge in [0.05, 0.1) is 16.7 Å². The van der Waals surface area contributed by atoms with E-state index in [4.69, 9.17) is 0 Å². The van der Waals surface area contributed by atoms with Gasteiger partial charge in [0.2, 0.25) is 0 Å². The van der Waals surface area contributed by atoms with E-state index in [0.717, 1.165) is 22.3 Å². The summed E-state index contributed by atoms with van der Waals surface area (Å²) < 4.78 is 0. The topological polar surface area (TPSA) is 73.6 Å². The third kappa shape index (κ3) is 2.87. The van der Waals surface area contributed by atoms with Crippen LogP contribution >= 0.6 is 0 Å². The summed E-state index contributed by atoms with van der Waals surface area (Å²) in [5, 5.41) is 3.52. The minimum absolute atomic E-state index is 0.155. The van der Waals surface area contributed by atoms with Gasteiger partial charge in [-0.1, -0.05) is 12.1 Å². The summed E-state index contributed by atoms with van der Waals surface area (Å²) in [7, 11) is 0. The lowest BCUT2D eigenvalue weighted by molar-refractivity contribution is 0.486. The number of aromatic amines is 2. The second kappa shape index (κ2) is 5.54. The van der Waals surface area contributed by atoms with Crippen molar-refractivity contribution in [2.24, 2.45) is 0 Å². The number of H-pyrrole nitrogens is 2. The summed E-state index contributed by atoms with van der Waals surface area (Å²) in [5.41, 5.74) is 3.62. The van der Waals surface area contributed by atoms with Gasteiger partial charge in [-0.3, -0.25) is 4.98 Å². The van der Waals surface area contributed by atoms with Crippen molar-refractivity contribution in [2.75, 3.05) is 0 Å². The summed E-state index contributed by atoms with van der Waals surface area (Å²) >= 11 is 0. The molecular weight excluding hydrogens is 264 g/mol. The number of nitrogens with zero attached hydrogens (tertiary/aromatic N) is 1. The van der Waals surface area contributed by atoms with Crippen molar-refractivity contribution in [1.82, 2.24) is 20.3 Å². The summed E-state index contributed by atoms with van der Waals surface area (Å²) in [6.45, 7) is 4.20. The minimum atomic E-state index is -0.176. The number of aromatic nitrogens is 3. The van der Waals surface area contributed by atoms with Gasteiger partial charge in [0, 0.05) is 18.3 Å². The van der Waals surface area contributed by atoms with E-state index in [1.165, 1.54) is 0 Å². The van der Waals surface area contributed by atoms with Crippen molar-refractivity contribution in [2.45, 2.75) is 25.9 Å². The molecule has 0 aliphatic carbocycles. The number of hydrogen-bond donors (Lipinski definition) is 3. The van der Waals surface area contributed by atoms with Crippen LogP contribution in [0.3, 0.4) is 0 Å². The standard InChI is InChI=1S/C16H18N4O/c1-10(18-11(2)13-5-3-4-8-17-13)12-6-7-14-15(9-12)20-16(21)19-14/h3-11,18H,1-2H3,(H2,19,20,21)/t10?,11-/m0/s1. The molecular formula is C16H18N4O. The monoisotopic (exact) mass is 282 g/mol. The predicted octanol–water partition coefficient (Wildman–Crippen LogP) is 2.66. The highest BCUT2D eigenvalue weighted by molar-refractivity contribution is 5.75. The number of fused-ring (bicyclic) bond motifs is 1. The molecule has 0 fully saturated rings. The summed E-state index contributed by atoms with van der Waals surface area (Å²) in [5.74, 6) is 0. The quantitative estimate of drug-likeness (QED) is 0.688. The molecule has 0 aliphatic rings. The predicted molar refractivity (Wildman–Crippen MR) is 83.1 cm³/mol. The normalized spacial score (nSPS) is 14.2. The highest BCUT2D eigenvalue weighted by Crippen LogP contribution is 2.20. The maximum absolute atomic E-state index is 11.3. The lowest BCUT2D eigenvalue weighted by atomic mass is 10.1. The number of nitrogens with one attached hydrogen (secondary N) is 3. The van der Waals surface area contributed by atoms with Gasteiger partial charge in [-0.05, 0) is 43.7 Å². The Balaban J connectivity index is 1.80. The Morgan fingerprint density at radius 3 is 2.62 bits per heavy atom. The molecule has 21 heavy (non-hydrogen) atoms. The van der Waals surface area contributed by atoms with Gasteiger partial charge in [-0.2, -0.15) is 0 Å². The van der Waals surface area contributed by atoms with Gasteiger partial charge in [-0.25, -0.2) is 4.79 Å². The first-order valence-electron chi connectivity index (χ1n) is 7.02. The molecule has 5 nitrogen and oxygen atoms in total. The molecule has 3 rings (SSSR count). The first-order chi connectivity index (χ1) is 10.1. The average molecular weight is 282 g/mol. The van der Waals surface area contributed by atoms with Crippen LogP contribution in [0.25, 0.3) is 11.0 Å². The molecule has 1 aromatic carbocycles. The maximum atomic E-state index is 11.3. The fourth-order valence-corrected chi connectivity index (χ4v) is 2.51. The van der Waals surface area contributed by atoms with Gasteiger partial charge in [-0.15, -0.1) is 0 Å². The van der Waals surface area contributed by atoms with E-state index in [2.05, 4.69) is 34.1 Å². The van der Waals surface area contributed by atoms with Crippen LogP contribution in [-0.4, -0.2) is 15.0 Å². The minimum Gasteiger partial charge on any atom is -0.306 e. The number of hydrogen-bond acceptors (Lipinski definition) is 3.